The van der Waals surface area contributed by atoms with Crippen LogP contribution in [0.3, 0.4) is 0 Å². The van der Waals surface area contributed by atoms with Crippen LogP contribution in [0, 0.1) is 23.0 Å². The number of carbonyl (C=O) groups excluding carboxylic acids is 2. The number of benzene rings is 1. The van der Waals surface area contributed by atoms with Gasteiger partial charge in [-0.05, 0) is 49.2 Å². The molecule has 1 saturated carbocycles. The zero-order valence-electron chi connectivity index (χ0n) is 17.8. The molecule has 0 bridgehead atoms. The molecule has 12 heteroatoms. The molecule has 0 unspecified atom stereocenters. The zero-order valence-corrected chi connectivity index (χ0v) is 18.6. The fourth-order valence-electron chi connectivity index (χ4n) is 3.11. The lowest BCUT2D eigenvalue weighted by molar-refractivity contribution is -0.384. The molecule has 33 heavy (non-hydrogen) atoms. The highest BCUT2D eigenvalue weighted by atomic mass is 32.2. The standard InChI is InChI=1S/C21H20N6O5S/c1-11-9-16(26-25-11)22-19-18(27(30)31)17(20(29)32-2)23-21(24-19)33-14-7-3-12(4-8-14)10-15(28)13-5-6-13/h3-4,7-9,13H,5-6,10H2,1-2H3,(H2,22,23,24,25,26). The summed E-state index contributed by atoms with van der Waals surface area (Å²) in [5.74, 6) is -0.391. The van der Waals surface area contributed by atoms with Crippen molar-refractivity contribution in [2.75, 3.05) is 12.4 Å². The summed E-state index contributed by atoms with van der Waals surface area (Å²) in [6, 6.07) is 8.96. The van der Waals surface area contributed by atoms with Gasteiger partial charge < -0.3 is 10.1 Å². The molecule has 2 aromatic heterocycles. The SMILES string of the molecule is COC(=O)c1nc(Sc2ccc(CC(=O)C3CC3)cc2)nc(Nc2cc(C)[nH]n2)c1[N+](=O)[O-]. The Labute approximate surface area is 192 Å². The lowest BCUT2D eigenvalue weighted by atomic mass is 10.1. The van der Waals surface area contributed by atoms with Gasteiger partial charge in [-0.2, -0.15) is 10.1 Å². The number of rotatable bonds is 9. The van der Waals surface area contributed by atoms with E-state index in [1.807, 2.05) is 24.3 Å². The molecule has 0 radical (unpaired) electrons. The number of aromatic nitrogens is 4. The molecular weight excluding hydrogens is 448 g/mol. The van der Waals surface area contributed by atoms with Crippen molar-refractivity contribution in [2.45, 2.75) is 36.2 Å². The Morgan fingerprint density at radius 2 is 2.00 bits per heavy atom. The normalized spacial score (nSPS) is 12.9. The van der Waals surface area contributed by atoms with Crippen molar-refractivity contribution in [3.05, 3.63) is 57.4 Å². The number of nitrogens with zero attached hydrogens (tertiary/aromatic N) is 4. The molecule has 0 aliphatic heterocycles. The van der Waals surface area contributed by atoms with Crippen LogP contribution in [-0.4, -0.2) is 44.0 Å². The Morgan fingerprint density at radius 1 is 1.27 bits per heavy atom. The minimum Gasteiger partial charge on any atom is -0.464 e. The van der Waals surface area contributed by atoms with Crippen molar-refractivity contribution in [3.8, 4) is 0 Å². The maximum absolute atomic E-state index is 12.3. The second-order valence-corrected chi connectivity index (χ2v) is 8.57. The number of aromatic amines is 1. The van der Waals surface area contributed by atoms with Gasteiger partial charge in [-0.15, -0.1) is 0 Å². The van der Waals surface area contributed by atoms with Gasteiger partial charge in [0.25, 0.3) is 0 Å². The number of H-pyrrole nitrogens is 1. The summed E-state index contributed by atoms with van der Waals surface area (Å²) in [6.45, 7) is 1.77. The van der Waals surface area contributed by atoms with Crippen molar-refractivity contribution in [3.63, 3.8) is 0 Å². The summed E-state index contributed by atoms with van der Waals surface area (Å²) >= 11 is 1.12. The van der Waals surface area contributed by atoms with Crippen LogP contribution in [-0.2, 0) is 16.0 Å². The number of anilines is 2. The van der Waals surface area contributed by atoms with Crippen molar-refractivity contribution < 1.29 is 19.2 Å². The van der Waals surface area contributed by atoms with Gasteiger partial charge in [0.15, 0.2) is 11.0 Å². The number of esters is 1. The van der Waals surface area contributed by atoms with Gasteiger partial charge in [0, 0.05) is 29.0 Å². The van der Waals surface area contributed by atoms with E-state index in [1.54, 1.807) is 13.0 Å². The van der Waals surface area contributed by atoms with Crippen LogP contribution in [0.4, 0.5) is 17.3 Å². The first kappa shape index (κ1) is 22.4. The van der Waals surface area contributed by atoms with Gasteiger partial charge in [0.1, 0.15) is 5.78 Å². The quantitative estimate of drug-likeness (QED) is 0.206. The molecule has 2 heterocycles. The molecule has 11 nitrogen and oxygen atoms in total. The topological polar surface area (TPSA) is 153 Å². The van der Waals surface area contributed by atoms with Crippen LogP contribution in [0.2, 0.25) is 0 Å². The average molecular weight is 468 g/mol. The van der Waals surface area contributed by atoms with Gasteiger partial charge >= 0.3 is 11.7 Å². The Bertz CT molecular complexity index is 1220. The number of aryl methyl sites for hydroxylation is 1. The second-order valence-electron chi connectivity index (χ2n) is 7.53. The largest absolute Gasteiger partial charge is 0.464 e. The van der Waals surface area contributed by atoms with Crippen LogP contribution in [0.5, 0.6) is 0 Å². The van der Waals surface area contributed by atoms with Crippen molar-refractivity contribution in [2.24, 2.45) is 5.92 Å². The van der Waals surface area contributed by atoms with Crippen LogP contribution >= 0.6 is 11.8 Å². The number of carbonyl (C=O) groups is 2. The van der Waals surface area contributed by atoms with E-state index in [2.05, 4.69) is 25.5 Å². The summed E-state index contributed by atoms with van der Waals surface area (Å²) in [7, 11) is 1.12. The van der Waals surface area contributed by atoms with E-state index in [0.29, 0.717) is 12.2 Å². The molecule has 0 saturated heterocycles. The molecule has 2 N–H and O–H groups in total. The molecule has 3 aromatic rings. The first-order chi connectivity index (χ1) is 15.8. The number of methoxy groups -OCH3 is 1. The smallest absolute Gasteiger partial charge is 0.364 e. The summed E-state index contributed by atoms with van der Waals surface area (Å²) in [4.78, 5) is 44.3. The predicted molar refractivity (Wildman–Crippen MR) is 119 cm³/mol. The number of nitrogens with one attached hydrogen (secondary N) is 2. The van der Waals surface area contributed by atoms with Gasteiger partial charge in [0.05, 0.1) is 12.0 Å². The second kappa shape index (κ2) is 9.36. The van der Waals surface area contributed by atoms with Gasteiger partial charge in [-0.1, -0.05) is 12.1 Å². The van der Waals surface area contributed by atoms with Crippen LogP contribution in [0.15, 0.2) is 40.4 Å². The first-order valence-corrected chi connectivity index (χ1v) is 10.9. The maximum atomic E-state index is 12.3. The van der Waals surface area contributed by atoms with Crippen molar-refractivity contribution >= 4 is 40.8 Å². The number of Topliss-reactive ketones (excluding diaryl/α,β-unsaturated/α-hetero) is 1. The molecule has 0 atom stereocenters. The average Bonchev–Trinajstić information content (AvgIpc) is 3.56. The number of hydrogen-bond acceptors (Lipinski definition) is 10. The maximum Gasteiger partial charge on any atom is 0.364 e. The van der Waals surface area contributed by atoms with E-state index >= 15 is 0 Å². The minimum absolute atomic E-state index is 0.109. The molecule has 1 fully saturated rings. The van der Waals surface area contributed by atoms with Gasteiger partial charge in [-0.3, -0.25) is 20.0 Å². The van der Waals surface area contributed by atoms with E-state index in [4.69, 9.17) is 4.74 Å². The Morgan fingerprint density at radius 3 is 2.58 bits per heavy atom. The van der Waals surface area contributed by atoms with E-state index in [0.717, 1.165) is 47.9 Å². The van der Waals surface area contributed by atoms with Crippen LogP contribution in [0.25, 0.3) is 0 Å². The summed E-state index contributed by atoms with van der Waals surface area (Å²) < 4.78 is 4.69. The minimum atomic E-state index is -0.957. The van der Waals surface area contributed by atoms with Crippen LogP contribution in [0.1, 0.15) is 34.6 Å². The predicted octanol–water partition coefficient (Wildman–Crippen LogP) is 3.62. The fraction of sp³-hybridized carbons (Fsp3) is 0.286. The molecule has 4 rings (SSSR count). The highest BCUT2D eigenvalue weighted by Gasteiger charge is 2.31. The highest BCUT2D eigenvalue weighted by Crippen LogP contribution is 2.34. The zero-order chi connectivity index (χ0) is 23.5. The van der Waals surface area contributed by atoms with Crippen molar-refractivity contribution in [1.29, 1.82) is 0 Å². The Kier molecular flexibility index (Phi) is 6.36. The Balaban J connectivity index is 1.64. The molecule has 1 aromatic carbocycles. The molecule has 0 amide bonds. The summed E-state index contributed by atoms with van der Waals surface area (Å²) in [5.41, 5.74) is 0.562. The van der Waals surface area contributed by atoms with E-state index < -0.39 is 22.3 Å². The van der Waals surface area contributed by atoms with E-state index in [9.17, 15) is 19.7 Å². The van der Waals surface area contributed by atoms with E-state index in [1.165, 1.54) is 0 Å². The molecular formula is C21H20N6O5S. The highest BCUT2D eigenvalue weighted by molar-refractivity contribution is 7.99. The number of ketones is 1. The number of ether oxygens (including phenoxy) is 1. The third-order valence-electron chi connectivity index (χ3n) is 4.92. The molecule has 1 aliphatic rings. The van der Waals surface area contributed by atoms with E-state index in [-0.39, 0.29) is 22.7 Å². The number of hydrogen-bond donors (Lipinski definition) is 2. The number of nitro groups is 1. The summed E-state index contributed by atoms with van der Waals surface area (Å²) in [5, 5.41) is 21.3. The Hall–Kier alpha value is -3.80. The van der Waals surface area contributed by atoms with Crippen LogP contribution < -0.4 is 5.32 Å². The monoisotopic (exact) mass is 468 g/mol. The van der Waals surface area contributed by atoms with Crippen molar-refractivity contribution in [1.82, 2.24) is 20.2 Å². The fourth-order valence-corrected chi connectivity index (χ4v) is 3.87. The third-order valence-corrected chi connectivity index (χ3v) is 5.79. The van der Waals surface area contributed by atoms with Gasteiger partial charge in [0.2, 0.25) is 11.5 Å². The third kappa shape index (κ3) is 5.34. The molecule has 0 spiro atoms. The van der Waals surface area contributed by atoms with Gasteiger partial charge in [-0.25, -0.2) is 9.78 Å². The molecule has 1 aliphatic carbocycles. The summed E-state index contributed by atoms with van der Waals surface area (Å²) in [6.07, 6.45) is 2.34. The lowest BCUT2D eigenvalue weighted by Gasteiger charge is -2.09. The molecule has 170 valence electrons. The lowest BCUT2D eigenvalue weighted by Crippen LogP contribution is -2.13. The first-order valence-electron chi connectivity index (χ1n) is 10.1.